The van der Waals surface area contributed by atoms with Crippen LogP contribution in [-0.4, -0.2) is 72.2 Å². The van der Waals surface area contributed by atoms with E-state index in [1.807, 2.05) is 0 Å². The van der Waals surface area contributed by atoms with E-state index < -0.39 is 0 Å². The van der Waals surface area contributed by atoms with Gasteiger partial charge in [0.15, 0.2) is 0 Å². The number of piperidine rings is 1. The van der Waals surface area contributed by atoms with E-state index in [1.54, 1.807) is 0 Å². The summed E-state index contributed by atoms with van der Waals surface area (Å²) in [4.78, 5) is 16.4. The SMILES string of the molecule is Cn1ccc2c(OC3CCN(CCN4CCNC(=O)CC4)CC3)cccc21. The number of carbonyl (C=O) groups is 1. The first-order chi connectivity index (χ1) is 13.2. The van der Waals surface area contributed by atoms with Crippen molar-refractivity contribution in [2.75, 3.05) is 45.8 Å². The number of ether oxygens (including phenoxy) is 1. The number of fused-ring (bicyclic) bond motifs is 1. The Bertz CT molecular complexity index is 780. The van der Waals surface area contributed by atoms with E-state index in [4.69, 9.17) is 4.74 Å². The number of likely N-dealkylation sites (tertiary alicyclic amines) is 1. The molecule has 27 heavy (non-hydrogen) atoms. The number of carbonyl (C=O) groups excluding carboxylic acids is 1. The third-order valence-corrected chi connectivity index (χ3v) is 5.85. The number of benzene rings is 1. The standard InChI is InChI=1S/C21H30N4O2/c1-23-10-7-18-19(23)3-2-4-20(18)27-17-5-11-24(12-6-17)15-16-25-13-8-21(26)22-9-14-25/h2-4,7,10,17H,5-6,8-9,11-16H2,1H3,(H,22,26). The summed E-state index contributed by atoms with van der Waals surface area (Å²) >= 11 is 0. The van der Waals surface area contributed by atoms with Gasteiger partial charge in [-0.2, -0.15) is 0 Å². The maximum Gasteiger partial charge on any atom is 0.221 e. The molecule has 0 bridgehead atoms. The summed E-state index contributed by atoms with van der Waals surface area (Å²) in [6, 6.07) is 8.44. The van der Waals surface area contributed by atoms with Crippen molar-refractivity contribution >= 4 is 16.8 Å². The number of amides is 1. The maximum atomic E-state index is 11.4. The molecule has 0 saturated carbocycles. The third-order valence-electron chi connectivity index (χ3n) is 5.85. The van der Waals surface area contributed by atoms with Gasteiger partial charge in [-0.1, -0.05) is 6.07 Å². The summed E-state index contributed by atoms with van der Waals surface area (Å²) in [7, 11) is 2.07. The fourth-order valence-electron chi connectivity index (χ4n) is 4.13. The van der Waals surface area contributed by atoms with Gasteiger partial charge in [-0.25, -0.2) is 0 Å². The van der Waals surface area contributed by atoms with Crippen molar-refractivity contribution in [3.63, 3.8) is 0 Å². The molecule has 1 aromatic heterocycles. The molecule has 0 spiro atoms. The van der Waals surface area contributed by atoms with Crippen molar-refractivity contribution in [2.45, 2.75) is 25.4 Å². The average Bonchev–Trinajstić information content (AvgIpc) is 2.94. The van der Waals surface area contributed by atoms with Crippen molar-refractivity contribution in [1.82, 2.24) is 19.7 Å². The Kier molecular flexibility index (Phi) is 5.64. The summed E-state index contributed by atoms with van der Waals surface area (Å²) in [5.74, 6) is 1.19. The first-order valence-electron chi connectivity index (χ1n) is 10.1. The Balaban J connectivity index is 1.25. The summed E-state index contributed by atoms with van der Waals surface area (Å²) in [5.41, 5.74) is 1.22. The summed E-state index contributed by atoms with van der Waals surface area (Å²) < 4.78 is 8.49. The van der Waals surface area contributed by atoms with Gasteiger partial charge in [0.2, 0.25) is 5.91 Å². The number of hydrogen-bond acceptors (Lipinski definition) is 4. The van der Waals surface area contributed by atoms with Gasteiger partial charge in [0, 0.05) is 70.9 Å². The van der Waals surface area contributed by atoms with Crippen LogP contribution in [0.5, 0.6) is 5.75 Å². The van der Waals surface area contributed by atoms with Crippen LogP contribution in [-0.2, 0) is 11.8 Å². The highest BCUT2D eigenvalue weighted by Crippen LogP contribution is 2.28. The van der Waals surface area contributed by atoms with Crippen molar-refractivity contribution in [2.24, 2.45) is 7.05 Å². The summed E-state index contributed by atoms with van der Waals surface area (Å²) in [6.45, 7) is 6.92. The lowest BCUT2D eigenvalue weighted by molar-refractivity contribution is -0.120. The lowest BCUT2D eigenvalue weighted by Crippen LogP contribution is -2.42. The zero-order valence-electron chi connectivity index (χ0n) is 16.2. The smallest absolute Gasteiger partial charge is 0.221 e. The predicted molar refractivity (Wildman–Crippen MR) is 107 cm³/mol. The van der Waals surface area contributed by atoms with Crippen LogP contribution in [0.25, 0.3) is 10.9 Å². The van der Waals surface area contributed by atoms with E-state index in [0.717, 1.165) is 64.4 Å². The number of aryl methyl sites for hydroxylation is 1. The van der Waals surface area contributed by atoms with E-state index >= 15 is 0 Å². The van der Waals surface area contributed by atoms with Crippen LogP contribution in [0.4, 0.5) is 0 Å². The zero-order valence-corrected chi connectivity index (χ0v) is 16.2. The molecule has 2 aromatic rings. The molecule has 6 heteroatoms. The van der Waals surface area contributed by atoms with Crippen LogP contribution in [0.15, 0.2) is 30.5 Å². The molecule has 2 saturated heterocycles. The highest BCUT2D eigenvalue weighted by molar-refractivity contribution is 5.86. The van der Waals surface area contributed by atoms with Crippen LogP contribution in [0.2, 0.25) is 0 Å². The quantitative estimate of drug-likeness (QED) is 0.873. The highest BCUT2D eigenvalue weighted by Gasteiger charge is 2.22. The fourth-order valence-corrected chi connectivity index (χ4v) is 4.13. The Labute approximate surface area is 161 Å². The van der Waals surface area contributed by atoms with Crippen molar-refractivity contribution in [3.8, 4) is 5.75 Å². The monoisotopic (exact) mass is 370 g/mol. The maximum absolute atomic E-state index is 11.4. The van der Waals surface area contributed by atoms with E-state index in [0.29, 0.717) is 12.5 Å². The molecule has 2 fully saturated rings. The first kappa shape index (κ1) is 18.3. The van der Waals surface area contributed by atoms with Crippen molar-refractivity contribution < 1.29 is 9.53 Å². The molecule has 4 rings (SSSR count). The van der Waals surface area contributed by atoms with Crippen LogP contribution in [0, 0.1) is 0 Å². The molecule has 6 nitrogen and oxygen atoms in total. The van der Waals surface area contributed by atoms with Crippen LogP contribution in [0.1, 0.15) is 19.3 Å². The molecule has 0 aliphatic carbocycles. The largest absolute Gasteiger partial charge is 0.490 e. The Morgan fingerprint density at radius 3 is 2.67 bits per heavy atom. The zero-order chi connectivity index (χ0) is 18.6. The van der Waals surface area contributed by atoms with E-state index in [-0.39, 0.29) is 5.91 Å². The third kappa shape index (κ3) is 4.45. The second-order valence-corrected chi connectivity index (χ2v) is 7.72. The van der Waals surface area contributed by atoms with E-state index in [9.17, 15) is 4.79 Å². The summed E-state index contributed by atoms with van der Waals surface area (Å²) in [6.07, 6.45) is 5.16. The number of rotatable bonds is 5. The molecular weight excluding hydrogens is 340 g/mol. The normalized spacial score (nSPS) is 20.6. The summed E-state index contributed by atoms with van der Waals surface area (Å²) in [5, 5.41) is 4.14. The van der Waals surface area contributed by atoms with Gasteiger partial charge >= 0.3 is 0 Å². The van der Waals surface area contributed by atoms with E-state index in [2.05, 4.69) is 57.2 Å². The van der Waals surface area contributed by atoms with Gasteiger partial charge in [-0.3, -0.25) is 9.69 Å². The minimum Gasteiger partial charge on any atom is -0.490 e. The Hall–Kier alpha value is -2.05. The van der Waals surface area contributed by atoms with Gasteiger partial charge in [0.25, 0.3) is 0 Å². The minimum absolute atomic E-state index is 0.184. The molecular formula is C21H30N4O2. The van der Waals surface area contributed by atoms with Crippen LogP contribution in [0.3, 0.4) is 0 Å². The average molecular weight is 370 g/mol. The number of nitrogens with zero attached hydrogens (tertiary/aromatic N) is 3. The molecule has 146 valence electrons. The molecule has 0 atom stereocenters. The number of hydrogen-bond donors (Lipinski definition) is 1. The lowest BCUT2D eigenvalue weighted by atomic mass is 10.1. The second kappa shape index (κ2) is 8.31. The molecule has 0 radical (unpaired) electrons. The van der Waals surface area contributed by atoms with Crippen molar-refractivity contribution in [3.05, 3.63) is 30.5 Å². The van der Waals surface area contributed by atoms with Gasteiger partial charge in [0.1, 0.15) is 11.9 Å². The second-order valence-electron chi connectivity index (χ2n) is 7.72. The Morgan fingerprint density at radius 1 is 1.07 bits per heavy atom. The molecule has 1 aromatic carbocycles. The lowest BCUT2D eigenvalue weighted by Gasteiger charge is -2.33. The molecule has 3 heterocycles. The fraction of sp³-hybridized carbons (Fsp3) is 0.571. The molecule has 1 N–H and O–H groups in total. The van der Waals surface area contributed by atoms with Gasteiger partial charge < -0.3 is 19.5 Å². The molecule has 0 unspecified atom stereocenters. The highest BCUT2D eigenvalue weighted by atomic mass is 16.5. The topological polar surface area (TPSA) is 49.7 Å². The molecule has 2 aliphatic rings. The van der Waals surface area contributed by atoms with Gasteiger partial charge in [-0.15, -0.1) is 0 Å². The van der Waals surface area contributed by atoms with Crippen LogP contribution < -0.4 is 10.1 Å². The van der Waals surface area contributed by atoms with Crippen molar-refractivity contribution in [1.29, 1.82) is 0 Å². The minimum atomic E-state index is 0.184. The first-order valence-corrected chi connectivity index (χ1v) is 10.1. The molecule has 2 aliphatic heterocycles. The van der Waals surface area contributed by atoms with Gasteiger partial charge in [0.05, 0.1) is 5.52 Å². The van der Waals surface area contributed by atoms with Crippen LogP contribution >= 0.6 is 0 Å². The Morgan fingerprint density at radius 2 is 1.85 bits per heavy atom. The predicted octanol–water partition coefficient (Wildman–Crippen LogP) is 1.84. The van der Waals surface area contributed by atoms with Gasteiger partial charge in [-0.05, 0) is 31.0 Å². The number of aromatic nitrogens is 1. The molecule has 1 amide bonds. The number of nitrogens with one attached hydrogen (secondary N) is 1. The van der Waals surface area contributed by atoms with E-state index in [1.165, 1.54) is 10.9 Å².